The number of nitrogens with zero attached hydrogens (tertiary/aromatic N) is 2. The molecule has 0 unspecified atom stereocenters. The molecule has 0 atom stereocenters. The van der Waals surface area contributed by atoms with Crippen LogP contribution in [0.15, 0.2) is 18.3 Å². The van der Waals surface area contributed by atoms with Crippen LogP contribution in [0.5, 0.6) is 5.75 Å². The van der Waals surface area contributed by atoms with Gasteiger partial charge in [-0.05, 0) is 6.07 Å². The summed E-state index contributed by atoms with van der Waals surface area (Å²) in [5.41, 5.74) is 6.03. The van der Waals surface area contributed by atoms with Crippen LogP contribution >= 0.6 is 0 Å². The number of halogens is 2. The highest BCUT2D eigenvalue weighted by Crippen LogP contribution is 2.31. The second kappa shape index (κ2) is 4.04. The topological polar surface area (TPSA) is 53.1 Å². The summed E-state index contributed by atoms with van der Waals surface area (Å²) in [6.07, 6.45) is 1.53. The minimum Gasteiger partial charge on any atom is -0.494 e. The van der Waals surface area contributed by atoms with Gasteiger partial charge >= 0.3 is 0 Å². The zero-order chi connectivity index (χ0) is 12.6. The van der Waals surface area contributed by atoms with E-state index in [1.54, 1.807) is 7.05 Å². The summed E-state index contributed by atoms with van der Waals surface area (Å²) < 4.78 is 33.4. The van der Waals surface area contributed by atoms with Crippen LogP contribution in [-0.2, 0) is 7.05 Å². The fraction of sp³-hybridized carbons (Fsp3) is 0.182. The van der Waals surface area contributed by atoms with Crippen molar-refractivity contribution in [3.8, 4) is 16.9 Å². The predicted octanol–water partition coefficient (Wildman–Crippen LogP) is 1.96. The maximum absolute atomic E-state index is 13.8. The number of nitrogens with two attached hydrogens (primary N) is 1. The number of hydrogen-bond donors (Lipinski definition) is 1. The lowest BCUT2D eigenvalue weighted by molar-refractivity contribution is 0.383. The first kappa shape index (κ1) is 11.4. The number of aryl methyl sites for hydroxylation is 1. The summed E-state index contributed by atoms with van der Waals surface area (Å²) in [5.74, 6) is -1.25. The molecule has 1 aromatic heterocycles. The zero-order valence-corrected chi connectivity index (χ0v) is 9.37. The molecule has 0 saturated carbocycles. The molecule has 0 bridgehead atoms. The van der Waals surface area contributed by atoms with Crippen molar-refractivity contribution in [2.45, 2.75) is 0 Å². The van der Waals surface area contributed by atoms with Crippen LogP contribution in [0, 0.1) is 11.6 Å². The maximum Gasteiger partial charge on any atom is 0.165 e. The van der Waals surface area contributed by atoms with Crippen molar-refractivity contribution in [1.82, 2.24) is 9.78 Å². The fourth-order valence-electron chi connectivity index (χ4n) is 1.60. The highest BCUT2D eigenvalue weighted by molar-refractivity contribution is 5.74. The van der Waals surface area contributed by atoms with E-state index in [2.05, 4.69) is 9.84 Å². The molecule has 0 spiro atoms. The molecule has 0 radical (unpaired) electrons. The summed E-state index contributed by atoms with van der Waals surface area (Å²) in [7, 11) is 2.92. The van der Waals surface area contributed by atoms with Crippen LogP contribution in [0.25, 0.3) is 11.1 Å². The van der Waals surface area contributed by atoms with E-state index in [1.165, 1.54) is 18.0 Å². The van der Waals surface area contributed by atoms with E-state index in [1.807, 2.05) is 0 Å². The van der Waals surface area contributed by atoms with Gasteiger partial charge in [0, 0.05) is 30.4 Å². The molecule has 2 aromatic rings. The second-order valence-electron chi connectivity index (χ2n) is 3.57. The van der Waals surface area contributed by atoms with Crippen molar-refractivity contribution in [1.29, 1.82) is 0 Å². The Morgan fingerprint density at radius 2 is 1.94 bits per heavy atom. The van der Waals surface area contributed by atoms with Gasteiger partial charge in [0.2, 0.25) is 0 Å². The third-order valence-corrected chi connectivity index (χ3v) is 2.39. The molecule has 0 aliphatic carbocycles. The van der Waals surface area contributed by atoms with Gasteiger partial charge in [-0.2, -0.15) is 5.10 Å². The maximum atomic E-state index is 13.8. The predicted molar refractivity (Wildman–Crippen MR) is 59.5 cm³/mol. The molecule has 0 aliphatic rings. The lowest BCUT2D eigenvalue weighted by atomic mass is 10.1. The minimum absolute atomic E-state index is 0.0638. The first-order chi connectivity index (χ1) is 8.02. The van der Waals surface area contributed by atoms with Crippen LogP contribution in [0.2, 0.25) is 0 Å². The molecule has 1 aromatic carbocycles. The molecular weight excluding hydrogens is 228 g/mol. The second-order valence-corrected chi connectivity index (χ2v) is 3.57. The van der Waals surface area contributed by atoms with Gasteiger partial charge in [-0.25, -0.2) is 8.78 Å². The van der Waals surface area contributed by atoms with Crippen molar-refractivity contribution in [3.63, 3.8) is 0 Å². The average molecular weight is 239 g/mol. The SMILES string of the molecule is COc1cc(F)c(-c2cn(C)nc2N)cc1F. The normalized spacial score (nSPS) is 10.6. The van der Waals surface area contributed by atoms with Gasteiger partial charge in [-0.15, -0.1) is 0 Å². The molecule has 17 heavy (non-hydrogen) atoms. The summed E-state index contributed by atoms with van der Waals surface area (Å²) in [6, 6.07) is 2.03. The lowest BCUT2D eigenvalue weighted by Crippen LogP contribution is -1.94. The number of aromatic nitrogens is 2. The Bertz CT molecular complexity index is 566. The number of nitrogen functional groups attached to an aromatic ring is 1. The molecule has 4 nitrogen and oxygen atoms in total. The van der Waals surface area contributed by atoms with Gasteiger partial charge < -0.3 is 10.5 Å². The number of rotatable bonds is 2. The van der Waals surface area contributed by atoms with E-state index in [9.17, 15) is 8.78 Å². The van der Waals surface area contributed by atoms with Crippen molar-refractivity contribution < 1.29 is 13.5 Å². The Balaban J connectivity index is 2.60. The monoisotopic (exact) mass is 239 g/mol. The van der Waals surface area contributed by atoms with E-state index < -0.39 is 11.6 Å². The fourth-order valence-corrected chi connectivity index (χ4v) is 1.60. The van der Waals surface area contributed by atoms with E-state index in [4.69, 9.17) is 5.73 Å². The highest BCUT2D eigenvalue weighted by Gasteiger charge is 2.15. The largest absolute Gasteiger partial charge is 0.494 e. The Labute approximate surface area is 96.6 Å². The summed E-state index contributed by atoms with van der Waals surface area (Å²) in [6.45, 7) is 0. The number of benzene rings is 1. The summed E-state index contributed by atoms with van der Waals surface area (Å²) in [4.78, 5) is 0. The third-order valence-electron chi connectivity index (χ3n) is 2.39. The first-order valence-electron chi connectivity index (χ1n) is 4.85. The van der Waals surface area contributed by atoms with E-state index in [-0.39, 0.29) is 17.1 Å². The number of hydrogen-bond acceptors (Lipinski definition) is 3. The van der Waals surface area contributed by atoms with Crippen LogP contribution in [0.1, 0.15) is 0 Å². The third kappa shape index (κ3) is 1.93. The van der Waals surface area contributed by atoms with E-state index in [0.717, 1.165) is 12.1 Å². The summed E-state index contributed by atoms with van der Waals surface area (Å²) in [5, 5.41) is 3.87. The average Bonchev–Trinajstić information content (AvgIpc) is 2.60. The van der Waals surface area contributed by atoms with Gasteiger partial charge in [0.1, 0.15) is 5.82 Å². The molecule has 6 heteroatoms. The quantitative estimate of drug-likeness (QED) is 0.871. The molecule has 2 N–H and O–H groups in total. The molecule has 0 amide bonds. The van der Waals surface area contributed by atoms with Gasteiger partial charge in [-0.1, -0.05) is 0 Å². The van der Waals surface area contributed by atoms with Gasteiger partial charge in [-0.3, -0.25) is 4.68 Å². The molecule has 0 fully saturated rings. The Morgan fingerprint density at radius 3 is 2.47 bits per heavy atom. The lowest BCUT2D eigenvalue weighted by Gasteiger charge is -2.06. The van der Waals surface area contributed by atoms with Crippen LogP contribution in [0.3, 0.4) is 0 Å². The van der Waals surface area contributed by atoms with Crippen molar-refractivity contribution in [2.24, 2.45) is 7.05 Å². The molecule has 2 rings (SSSR count). The standard InChI is InChI=1S/C11H11F2N3O/c1-16-5-7(11(14)15-16)6-3-9(13)10(17-2)4-8(6)12/h3-5H,1-2H3,(H2,14,15). The highest BCUT2D eigenvalue weighted by atomic mass is 19.1. The van der Waals surface area contributed by atoms with Crippen molar-refractivity contribution >= 4 is 5.82 Å². The number of ether oxygens (including phenoxy) is 1. The van der Waals surface area contributed by atoms with E-state index in [0.29, 0.717) is 5.56 Å². The number of methoxy groups -OCH3 is 1. The van der Waals surface area contributed by atoms with Gasteiger partial charge in [0.25, 0.3) is 0 Å². The first-order valence-corrected chi connectivity index (χ1v) is 4.85. The Kier molecular flexibility index (Phi) is 2.71. The molecule has 1 heterocycles. The van der Waals surface area contributed by atoms with Crippen molar-refractivity contribution in [3.05, 3.63) is 30.0 Å². The molecule has 0 saturated heterocycles. The van der Waals surface area contributed by atoms with E-state index >= 15 is 0 Å². The van der Waals surface area contributed by atoms with Crippen molar-refractivity contribution in [2.75, 3.05) is 12.8 Å². The smallest absolute Gasteiger partial charge is 0.165 e. The van der Waals surface area contributed by atoms with Crippen LogP contribution in [0.4, 0.5) is 14.6 Å². The van der Waals surface area contributed by atoms with Gasteiger partial charge in [0.05, 0.1) is 7.11 Å². The number of anilines is 1. The minimum atomic E-state index is -0.646. The van der Waals surface area contributed by atoms with Gasteiger partial charge in [0.15, 0.2) is 17.4 Å². The Morgan fingerprint density at radius 1 is 1.24 bits per heavy atom. The summed E-state index contributed by atoms with van der Waals surface area (Å²) >= 11 is 0. The molecule has 90 valence electrons. The molecule has 0 aliphatic heterocycles. The Hall–Kier alpha value is -2.11. The van der Waals surface area contributed by atoms with Crippen LogP contribution in [-0.4, -0.2) is 16.9 Å². The van der Waals surface area contributed by atoms with Crippen LogP contribution < -0.4 is 10.5 Å². The molecular formula is C11H11F2N3O. The zero-order valence-electron chi connectivity index (χ0n) is 9.37.